The second kappa shape index (κ2) is 4.35. The Morgan fingerprint density at radius 2 is 2.17 bits per heavy atom. The van der Waals surface area contributed by atoms with E-state index in [4.69, 9.17) is 0 Å². The molecule has 0 bridgehead atoms. The van der Waals surface area contributed by atoms with Gasteiger partial charge in [0.2, 0.25) is 0 Å². The Bertz CT molecular complexity index is 533. The van der Waals surface area contributed by atoms with E-state index in [9.17, 15) is 8.42 Å². The number of aromatic nitrogens is 2. The Morgan fingerprint density at radius 1 is 1.50 bits per heavy atom. The fourth-order valence-corrected chi connectivity index (χ4v) is 3.46. The van der Waals surface area contributed by atoms with E-state index in [0.717, 1.165) is 12.8 Å². The van der Waals surface area contributed by atoms with E-state index < -0.39 is 9.84 Å². The van der Waals surface area contributed by atoms with E-state index in [1.54, 1.807) is 10.9 Å². The highest BCUT2D eigenvalue weighted by Crippen LogP contribution is 2.43. The van der Waals surface area contributed by atoms with Crippen molar-refractivity contribution < 1.29 is 8.42 Å². The van der Waals surface area contributed by atoms with Crippen LogP contribution in [0.1, 0.15) is 32.7 Å². The molecule has 1 fully saturated rings. The average molecular weight is 271 g/mol. The van der Waals surface area contributed by atoms with Crippen molar-refractivity contribution in [3.63, 3.8) is 0 Å². The molecule has 0 aliphatic heterocycles. The van der Waals surface area contributed by atoms with Crippen molar-refractivity contribution in [1.82, 2.24) is 15.1 Å². The average Bonchev–Trinajstić information content (AvgIpc) is 2.80. The second-order valence-electron chi connectivity index (χ2n) is 5.79. The summed E-state index contributed by atoms with van der Waals surface area (Å²) < 4.78 is 24.7. The normalized spacial score (nSPS) is 27.6. The van der Waals surface area contributed by atoms with Gasteiger partial charge in [-0.15, -0.1) is 0 Å². The first kappa shape index (κ1) is 13.5. The van der Waals surface area contributed by atoms with Crippen LogP contribution in [0.3, 0.4) is 0 Å². The maximum atomic E-state index is 11.5. The van der Waals surface area contributed by atoms with Gasteiger partial charge in [-0.25, -0.2) is 8.42 Å². The molecule has 0 saturated heterocycles. The molecule has 1 aliphatic carbocycles. The molecule has 1 aromatic heterocycles. The molecule has 1 aromatic rings. The van der Waals surface area contributed by atoms with Crippen molar-refractivity contribution in [1.29, 1.82) is 0 Å². The molecule has 2 rings (SSSR count). The predicted molar refractivity (Wildman–Crippen MR) is 70.2 cm³/mol. The van der Waals surface area contributed by atoms with Crippen LogP contribution in [0.15, 0.2) is 17.3 Å². The van der Waals surface area contributed by atoms with Gasteiger partial charge in [0.15, 0.2) is 9.84 Å². The largest absolute Gasteiger partial charge is 0.314 e. The Hall–Kier alpha value is -0.880. The molecule has 1 aliphatic rings. The third-order valence-corrected chi connectivity index (χ3v) is 5.04. The summed E-state index contributed by atoms with van der Waals surface area (Å²) >= 11 is 0. The molecule has 2 unspecified atom stereocenters. The molecule has 2 atom stereocenters. The Labute approximate surface area is 108 Å². The van der Waals surface area contributed by atoms with Crippen LogP contribution in [0, 0.1) is 5.41 Å². The lowest BCUT2D eigenvalue weighted by atomic mass is 9.86. The Morgan fingerprint density at radius 3 is 2.67 bits per heavy atom. The number of hydrogen-bond donors (Lipinski definition) is 1. The summed E-state index contributed by atoms with van der Waals surface area (Å²) in [6.45, 7) is 4.46. The fourth-order valence-electron chi connectivity index (χ4n) is 2.92. The maximum absolute atomic E-state index is 11.5. The van der Waals surface area contributed by atoms with Crippen molar-refractivity contribution >= 4 is 9.84 Å². The Balaban J connectivity index is 2.30. The highest BCUT2D eigenvalue weighted by Gasteiger charge is 2.42. The third kappa shape index (κ3) is 2.31. The van der Waals surface area contributed by atoms with Crippen LogP contribution in [-0.2, 0) is 9.84 Å². The lowest BCUT2D eigenvalue weighted by molar-refractivity contribution is 0.253. The van der Waals surface area contributed by atoms with Gasteiger partial charge < -0.3 is 5.32 Å². The van der Waals surface area contributed by atoms with Gasteiger partial charge >= 0.3 is 0 Å². The predicted octanol–water partition coefficient (Wildman–Crippen LogP) is 1.24. The minimum Gasteiger partial charge on any atom is -0.314 e. The van der Waals surface area contributed by atoms with Gasteiger partial charge in [-0.2, -0.15) is 5.10 Å². The standard InChI is InChI=1S/C12H21N3O2S/c1-12(2)6-5-10(11(12)13-3)15-8-9(7-14-15)18(4,16)17/h7-8,10-11,13H,5-6H2,1-4H3. The van der Waals surface area contributed by atoms with Crippen LogP contribution in [-0.4, -0.2) is 37.5 Å². The van der Waals surface area contributed by atoms with Crippen LogP contribution in [0.2, 0.25) is 0 Å². The summed E-state index contributed by atoms with van der Waals surface area (Å²) in [5.74, 6) is 0. The zero-order valence-corrected chi connectivity index (χ0v) is 12.2. The van der Waals surface area contributed by atoms with E-state index in [2.05, 4.69) is 24.3 Å². The van der Waals surface area contributed by atoms with E-state index >= 15 is 0 Å². The number of sulfone groups is 1. The minimum absolute atomic E-state index is 0.205. The molecule has 6 heteroatoms. The molecule has 18 heavy (non-hydrogen) atoms. The summed E-state index contributed by atoms with van der Waals surface area (Å²) in [4.78, 5) is 0.294. The first-order chi connectivity index (χ1) is 8.25. The molecule has 5 nitrogen and oxygen atoms in total. The quantitative estimate of drug-likeness (QED) is 0.898. The number of hydrogen-bond acceptors (Lipinski definition) is 4. The summed E-state index contributed by atoms with van der Waals surface area (Å²) in [6.07, 6.45) is 6.42. The topological polar surface area (TPSA) is 64.0 Å². The van der Waals surface area contributed by atoms with Gasteiger partial charge in [0.05, 0.1) is 12.2 Å². The molecule has 1 N–H and O–H groups in total. The summed E-state index contributed by atoms with van der Waals surface area (Å²) in [5, 5.41) is 7.57. The number of nitrogens with zero attached hydrogens (tertiary/aromatic N) is 2. The lowest BCUT2D eigenvalue weighted by Crippen LogP contribution is -2.40. The van der Waals surface area contributed by atoms with Crippen LogP contribution in [0.5, 0.6) is 0 Å². The van der Waals surface area contributed by atoms with Crippen molar-refractivity contribution in [2.75, 3.05) is 13.3 Å². The van der Waals surface area contributed by atoms with Crippen LogP contribution in [0.25, 0.3) is 0 Å². The van der Waals surface area contributed by atoms with E-state index in [1.165, 1.54) is 12.5 Å². The van der Waals surface area contributed by atoms with Crippen LogP contribution >= 0.6 is 0 Å². The van der Waals surface area contributed by atoms with E-state index in [-0.39, 0.29) is 11.5 Å². The van der Waals surface area contributed by atoms with Gasteiger partial charge in [-0.3, -0.25) is 4.68 Å². The molecule has 0 amide bonds. The van der Waals surface area contributed by atoms with Crippen molar-refractivity contribution in [3.8, 4) is 0 Å². The Kier molecular flexibility index (Phi) is 3.27. The van der Waals surface area contributed by atoms with Crippen molar-refractivity contribution in [2.45, 2.75) is 43.7 Å². The molecular weight excluding hydrogens is 250 g/mol. The van der Waals surface area contributed by atoms with E-state index in [0.29, 0.717) is 10.9 Å². The van der Waals surface area contributed by atoms with Crippen LogP contribution < -0.4 is 5.32 Å². The summed E-state index contributed by atoms with van der Waals surface area (Å²) in [6, 6.07) is 0.533. The smallest absolute Gasteiger partial charge is 0.178 e. The summed E-state index contributed by atoms with van der Waals surface area (Å²) in [5.41, 5.74) is 0.205. The molecule has 0 spiro atoms. The summed E-state index contributed by atoms with van der Waals surface area (Å²) in [7, 11) is -1.22. The SMILES string of the molecule is CNC1C(n2cc(S(C)(=O)=O)cn2)CCC1(C)C. The number of rotatable bonds is 3. The first-order valence-corrected chi connectivity index (χ1v) is 8.06. The van der Waals surface area contributed by atoms with Crippen LogP contribution in [0.4, 0.5) is 0 Å². The van der Waals surface area contributed by atoms with Crippen molar-refractivity contribution in [3.05, 3.63) is 12.4 Å². The zero-order valence-electron chi connectivity index (χ0n) is 11.3. The lowest BCUT2D eigenvalue weighted by Gasteiger charge is -2.30. The highest BCUT2D eigenvalue weighted by atomic mass is 32.2. The molecule has 0 aromatic carbocycles. The zero-order chi connectivity index (χ0) is 13.6. The minimum atomic E-state index is -3.17. The molecule has 1 saturated carbocycles. The third-order valence-electron chi connectivity index (χ3n) is 3.97. The molecule has 102 valence electrons. The van der Waals surface area contributed by atoms with Gasteiger partial charge in [0.1, 0.15) is 4.90 Å². The molecular formula is C12H21N3O2S. The number of nitrogens with one attached hydrogen (secondary N) is 1. The van der Waals surface area contributed by atoms with Gasteiger partial charge in [-0.1, -0.05) is 13.8 Å². The van der Waals surface area contributed by atoms with E-state index in [1.807, 2.05) is 7.05 Å². The monoisotopic (exact) mass is 271 g/mol. The fraction of sp³-hybridized carbons (Fsp3) is 0.750. The molecule has 1 heterocycles. The van der Waals surface area contributed by atoms with Crippen molar-refractivity contribution in [2.24, 2.45) is 5.41 Å². The highest BCUT2D eigenvalue weighted by molar-refractivity contribution is 7.90. The second-order valence-corrected chi connectivity index (χ2v) is 7.80. The maximum Gasteiger partial charge on any atom is 0.178 e. The molecule has 0 radical (unpaired) electrons. The number of likely N-dealkylation sites (N-methyl/N-ethyl adjacent to an activating group) is 1. The van der Waals surface area contributed by atoms with Gasteiger partial charge in [0, 0.05) is 18.5 Å². The first-order valence-electron chi connectivity index (χ1n) is 6.17. The van der Waals surface area contributed by atoms with Gasteiger partial charge in [-0.05, 0) is 25.3 Å². The van der Waals surface area contributed by atoms with Gasteiger partial charge in [0.25, 0.3) is 0 Å².